The van der Waals surface area contributed by atoms with Crippen LogP contribution in [0.4, 0.5) is 5.69 Å². The molecule has 1 atom stereocenters. The smallest absolute Gasteiger partial charge is 0.338 e. The predicted molar refractivity (Wildman–Crippen MR) is 119 cm³/mol. The quantitative estimate of drug-likeness (QED) is 0.575. The van der Waals surface area contributed by atoms with Crippen LogP contribution in [0.1, 0.15) is 16.8 Å². The van der Waals surface area contributed by atoms with Gasteiger partial charge in [-0.3, -0.25) is 4.79 Å². The summed E-state index contributed by atoms with van der Waals surface area (Å²) >= 11 is 0. The molecule has 3 aromatic rings. The van der Waals surface area contributed by atoms with Crippen molar-refractivity contribution >= 4 is 38.4 Å². The number of nitrogens with zero attached hydrogens (tertiary/aromatic N) is 1. The highest BCUT2D eigenvalue weighted by atomic mass is 32.2. The SMILES string of the molecule is COC(=O)c1cccc2c(S(=O)(=O)NC3CCN(c4ccccc4OC)C3=O)cccc12. The van der Waals surface area contributed by atoms with E-state index in [-0.39, 0.29) is 16.4 Å². The Morgan fingerprint density at radius 3 is 2.47 bits per heavy atom. The van der Waals surface area contributed by atoms with Crippen molar-refractivity contribution in [2.24, 2.45) is 0 Å². The molecule has 8 nitrogen and oxygen atoms in total. The van der Waals surface area contributed by atoms with E-state index < -0.39 is 22.0 Å². The second kappa shape index (κ2) is 8.60. The number of amides is 1. The Bertz CT molecular complexity index is 1300. The molecule has 32 heavy (non-hydrogen) atoms. The molecule has 0 saturated carbocycles. The summed E-state index contributed by atoms with van der Waals surface area (Å²) < 4.78 is 39.2. The third kappa shape index (κ3) is 3.80. The average molecular weight is 455 g/mol. The van der Waals surface area contributed by atoms with Gasteiger partial charge in [-0.25, -0.2) is 13.2 Å². The molecule has 1 aliphatic rings. The number of benzene rings is 3. The van der Waals surface area contributed by atoms with Crippen LogP contribution in [0.5, 0.6) is 5.75 Å². The summed E-state index contributed by atoms with van der Waals surface area (Å²) in [6.07, 6.45) is 0.314. The molecule has 0 bridgehead atoms. The van der Waals surface area contributed by atoms with Gasteiger partial charge in [-0.2, -0.15) is 4.72 Å². The van der Waals surface area contributed by atoms with Crippen molar-refractivity contribution in [3.8, 4) is 5.75 Å². The number of anilines is 1. The largest absolute Gasteiger partial charge is 0.495 e. The maximum atomic E-state index is 13.2. The Balaban J connectivity index is 1.65. The molecule has 166 valence electrons. The third-order valence-electron chi connectivity index (χ3n) is 5.46. The Morgan fingerprint density at radius 1 is 1.00 bits per heavy atom. The van der Waals surface area contributed by atoms with Crippen LogP contribution in [-0.2, 0) is 19.6 Å². The van der Waals surface area contributed by atoms with E-state index in [0.29, 0.717) is 35.2 Å². The number of carbonyl (C=O) groups excluding carboxylic acids is 2. The van der Waals surface area contributed by atoms with Crippen LogP contribution in [-0.4, -0.2) is 47.1 Å². The number of para-hydroxylation sites is 2. The minimum absolute atomic E-state index is 0.00991. The van der Waals surface area contributed by atoms with E-state index in [0.717, 1.165) is 0 Å². The lowest BCUT2D eigenvalue weighted by Crippen LogP contribution is -2.41. The summed E-state index contributed by atoms with van der Waals surface area (Å²) in [5.74, 6) is -0.376. The summed E-state index contributed by atoms with van der Waals surface area (Å²) in [5, 5.41) is 0.825. The van der Waals surface area contributed by atoms with Gasteiger partial charge in [0.25, 0.3) is 0 Å². The molecule has 0 spiro atoms. The van der Waals surface area contributed by atoms with Crippen LogP contribution in [0.15, 0.2) is 65.6 Å². The van der Waals surface area contributed by atoms with Gasteiger partial charge in [0.1, 0.15) is 11.8 Å². The fourth-order valence-electron chi connectivity index (χ4n) is 3.94. The molecule has 4 rings (SSSR count). The number of rotatable bonds is 6. The Hall–Kier alpha value is -3.43. The van der Waals surface area contributed by atoms with Crippen molar-refractivity contribution < 1.29 is 27.5 Å². The molecular weight excluding hydrogens is 432 g/mol. The molecule has 1 amide bonds. The van der Waals surface area contributed by atoms with Crippen LogP contribution in [0.2, 0.25) is 0 Å². The summed E-state index contributed by atoms with van der Waals surface area (Å²) in [7, 11) is -1.27. The van der Waals surface area contributed by atoms with Crippen molar-refractivity contribution in [1.82, 2.24) is 4.72 Å². The van der Waals surface area contributed by atoms with Gasteiger partial charge in [0.2, 0.25) is 15.9 Å². The molecule has 1 aliphatic heterocycles. The Kier molecular flexibility index (Phi) is 5.86. The minimum atomic E-state index is -4.05. The number of methoxy groups -OCH3 is 2. The van der Waals surface area contributed by atoms with E-state index in [1.807, 2.05) is 0 Å². The Labute approximate surface area is 185 Å². The molecule has 3 aromatic carbocycles. The molecule has 1 N–H and O–H groups in total. The zero-order valence-electron chi connectivity index (χ0n) is 17.6. The van der Waals surface area contributed by atoms with E-state index in [1.54, 1.807) is 54.6 Å². The molecule has 1 unspecified atom stereocenters. The standard InChI is InChI=1S/C23H22N2O6S/c1-30-20-11-4-3-10-19(20)25-14-13-18(22(25)26)24-32(28,29)21-12-6-7-15-16(21)8-5-9-17(15)23(27)31-2/h3-12,18,24H,13-14H2,1-2H3. The molecule has 0 aromatic heterocycles. The van der Waals surface area contributed by atoms with E-state index >= 15 is 0 Å². The number of hydrogen-bond donors (Lipinski definition) is 1. The van der Waals surface area contributed by atoms with Crippen molar-refractivity contribution in [1.29, 1.82) is 0 Å². The van der Waals surface area contributed by atoms with Crippen LogP contribution in [0.25, 0.3) is 10.8 Å². The molecule has 1 saturated heterocycles. The average Bonchev–Trinajstić information content (AvgIpc) is 3.16. The highest BCUT2D eigenvalue weighted by Crippen LogP contribution is 2.32. The van der Waals surface area contributed by atoms with Gasteiger partial charge in [0.15, 0.2) is 0 Å². The molecule has 1 fully saturated rings. The predicted octanol–water partition coefficient (Wildman–Crippen LogP) is 2.72. The molecule has 0 aliphatic carbocycles. The lowest BCUT2D eigenvalue weighted by Gasteiger charge is -2.20. The molecule has 9 heteroatoms. The number of hydrogen-bond acceptors (Lipinski definition) is 6. The van der Waals surface area contributed by atoms with Crippen molar-refractivity contribution in [2.75, 3.05) is 25.7 Å². The van der Waals surface area contributed by atoms with Gasteiger partial charge in [-0.1, -0.05) is 36.4 Å². The second-order valence-electron chi connectivity index (χ2n) is 7.27. The third-order valence-corrected chi connectivity index (χ3v) is 6.99. The first-order valence-electron chi connectivity index (χ1n) is 9.94. The van der Waals surface area contributed by atoms with E-state index in [9.17, 15) is 18.0 Å². The van der Waals surface area contributed by atoms with Gasteiger partial charge in [0.05, 0.1) is 30.4 Å². The number of sulfonamides is 1. The molecular formula is C23H22N2O6S. The minimum Gasteiger partial charge on any atom is -0.495 e. The van der Waals surface area contributed by atoms with E-state index in [1.165, 1.54) is 25.2 Å². The van der Waals surface area contributed by atoms with Crippen LogP contribution < -0.4 is 14.4 Å². The first-order chi connectivity index (χ1) is 15.4. The maximum absolute atomic E-state index is 13.2. The van der Waals surface area contributed by atoms with Crippen molar-refractivity contribution in [2.45, 2.75) is 17.4 Å². The van der Waals surface area contributed by atoms with E-state index in [4.69, 9.17) is 9.47 Å². The van der Waals surface area contributed by atoms with Gasteiger partial charge in [0, 0.05) is 11.9 Å². The van der Waals surface area contributed by atoms with Gasteiger partial charge >= 0.3 is 5.97 Å². The monoisotopic (exact) mass is 454 g/mol. The first-order valence-corrected chi connectivity index (χ1v) is 11.4. The van der Waals surface area contributed by atoms with Gasteiger partial charge < -0.3 is 14.4 Å². The highest BCUT2D eigenvalue weighted by Gasteiger charge is 2.37. The number of fused-ring (bicyclic) bond motifs is 1. The van der Waals surface area contributed by atoms with Crippen LogP contribution in [0, 0.1) is 0 Å². The van der Waals surface area contributed by atoms with Gasteiger partial charge in [-0.15, -0.1) is 0 Å². The van der Waals surface area contributed by atoms with Crippen LogP contribution in [0.3, 0.4) is 0 Å². The van der Waals surface area contributed by atoms with Crippen LogP contribution >= 0.6 is 0 Å². The molecule has 0 radical (unpaired) electrons. The zero-order valence-corrected chi connectivity index (χ0v) is 18.4. The second-order valence-corrected chi connectivity index (χ2v) is 8.96. The number of carbonyl (C=O) groups is 2. The zero-order chi connectivity index (χ0) is 22.9. The lowest BCUT2D eigenvalue weighted by atomic mass is 10.0. The summed E-state index contributed by atoms with van der Waals surface area (Å²) in [6.45, 7) is 0.356. The fraction of sp³-hybridized carbons (Fsp3) is 0.217. The van der Waals surface area contributed by atoms with Crippen molar-refractivity contribution in [3.05, 3.63) is 66.2 Å². The van der Waals surface area contributed by atoms with E-state index in [2.05, 4.69) is 4.72 Å². The summed E-state index contributed by atoms with van der Waals surface area (Å²) in [4.78, 5) is 26.6. The lowest BCUT2D eigenvalue weighted by molar-refractivity contribution is -0.118. The topological polar surface area (TPSA) is 102 Å². The number of esters is 1. The van der Waals surface area contributed by atoms with Gasteiger partial charge in [-0.05, 0) is 36.1 Å². The normalized spacial score (nSPS) is 16.4. The first kappa shape index (κ1) is 21.8. The van der Waals surface area contributed by atoms with Crippen molar-refractivity contribution in [3.63, 3.8) is 0 Å². The highest BCUT2D eigenvalue weighted by molar-refractivity contribution is 7.89. The Morgan fingerprint density at radius 2 is 1.72 bits per heavy atom. The number of nitrogens with one attached hydrogen (secondary N) is 1. The maximum Gasteiger partial charge on any atom is 0.338 e. The number of ether oxygens (including phenoxy) is 2. The summed E-state index contributed by atoms with van der Waals surface area (Å²) in [6, 6.07) is 15.6. The fourth-order valence-corrected chi connectivity index (χ4v) is 5.38. The summed E-state index contributed by atoms with van der Waals surface area (Å²) in [5.41, 5.74) is 0.857. The molecule has 1 heterocycles.